The summed E-state index contributed by atoms with van der Waals surface area (Å²) in [5.41, 5.74) is 12.2. The summed E-state index contributed by atoms with van der Waals surface area (Å²) in [7, 11) is 0. The van der Waals surface area contributed by atoms with Gasteiger partial charge in [0.1, 0.15) is 0 Å². The SMILES string of the molecule is c1ccc(-c2cc(-c3cccc(-c4ccc5c(-c6ccc(-c7nc(-c8ccccc8)nc(-c8ccccc8)n7)cc6)cccc5c4)c3)nc(-c3ccccc3)n2)cc1. The number of benzene rings is 8. The van der Waals surface area contributed by atoms with Crippen molar-refractivity contribution < 1.29 is 0 Å². The lowest BCUT2D eigenvalue weighted by Crippen LogP contribution is -2.00. The maximum Gasteiger partial charge on any atom is 0.164 e. The van der Waals surface area contributed by atoms with Crippen molar-refractivity contribution in [2.45, 2.75) is 0 Å². The number of nitrogens with zero attached hydrogens (tertiary/aromatic N) is 5. The highest BCUT2D eigenvalue weighted by molar-refractivity contribution is 5.99. The van der Waals surface area contributed by atoms with Gasteiger partial charge >= 0.3 is 0 Å². The van der Waals surface area contributed by atoms with Crippen molar-refractivity contribution in [3.63, 3.8) is 0 Å². The molecule has 0 saturated heterocycles. The molecule has 0 spiro atoms. The topological polar surface area (TPSA) is 64.5 Å². The van der Waals surface area contributed by atoms with E-state index < -0.39 is 0 Å². The van der Waals surface area contributed by atoms with Crippen LogP contribution >= 0.6 is 0 Å². The molecule has 0 aliphatic carbocycles. The molecule has 2 aromatic heterocycles. The third-order valence-corrected chi connectivity index (χ3v) is 10.4. The Morgan fingerprint density at radius 1 is 0.224 bits per heavy atom. The molecule has 272 valence electrons. The van der Waals surface area contributed by atoms with Crippen LogP contribution in [0.1, 0.15) is 0 Å². The molecule has 10 aromatic rings. The number of rotatable bonds is 8. The molecule has 58 heavy (non-hydrogen) atoms. The van der Waals surface area contributed by atoms with E-state index in [0.29, 0.717) is 23.3 Å². The molecular weight excluding hydrogens is 707 g/mol. The molecule has 0 aliphatic heterocycles. The number of aromatic nitrogens is 5. The lowest BCUT2D eigenvalue weighted by atomic mass is 9.94. The number of hydrogen-bond acceptors (Lipinski definition) is 5. The largest absolute Gasteiger partial charge is 0.228 e. The second-order valence-electron chi connectivity index (χ2n) is 14.1. The fraction of sp³-hybridized carbons (Fsp3) is 0. The molecule has 0 fully saturated rings. The molecule has 10 rings (SSSR count). The Labute approximate surface area is 337 Å². The van der Waals surface area contributed by atoms with Crippen LogP contribution in [0.15, 0.2) is 212 Å². The van der Waals surface area contributed by atoms with Crippen molar-refractivity contribution in [2.75, 3.05) is 0 Å². The van der Waals surface area contributed by atoms with Gasteiger partial charge in [0.05, 0.1) is 11.4 Å². The van der Waals surface area contributed by atoms with Crippen molar-refractivity contribution in [1.82, 2.24) is 24.9 Å². The molecule has 5 heteroatoms. The monoisotopic (exact) mass is 741 g/mol. The average molecular weight is 742 g/mol. The molecule has 0 radical (unpaired) electrons. The summed E-state index contributed by atoms with van der Waals surface area (Å²) in [6, 6.07) is 73.0. The Morgan fingerprint density at radius 2 is 0.621 bits per heavy atom. The van der Waals surface area contributed by atoms with Gasteiger partial charge in [0.2, 0.25) is 0 Å². The summed E-state index contributed by atoms with van der Waals surface area (Å²) >= 11 is 0. The molecule has 2 heterocycles. The van der Waals surface area contributed by atoms with Gasteiger partial charge < -0.3 is 0 Å². The minimum atomic E-state index is 0.638. The van der Waals surface area contributed by atoms with E-state index in [-0.39, 0.29) is 0 Å². The third-order valence-electron chi connectivity index (χ3n) is 10.4. The summed E-state index contributed by atoms with van der Waals surface area (Å²) in [6.45, 7) is 0. The summed E-state index contributed by atoms with van der Waals surface area (Å²) in [4.78, 5) is 24.7. The van der Waals surface area contributed by atoms with E-state index in [9.17, 15) is 0 Å². The van der Waals surface area contributed by atoms with Crippen LogP contribution in [-0.4, -0.2) is 24.9 Å². The molecule has 0 aliphatic rings. The quantitative estimate of drug-likeness (QED) is 0.155. The summed E-state index contributed by atoms with van der Waals surface area (Å²) in [6.07, 6.45) is 0. The van der Waals surface area contributed by atoms with Crippen LogP contribution in [-0.2, 0) is 0 Å². The predicted octanol–water partition coefficient (Wildman–Crippen LogP) is 13.2. The second kappa shape index (κ2) is 15.3. The summed E-state index contributed by atoms with van der Waals surface area (Å²) in [5, 5.41) is 2.35. The van der Waals surface area contributed by atoms with Crippen LogP contribution in [0.25, 0.3) is 101 Å². The first-order valence-electron chi connectivity index (χ1n) is 19.3. The normalized spacial score (nSPS) is 11.1. The van der Waals surface area contributed by atoms with Crippen molar-refractivity contribution >= 4 is 10.8 Å². The van der Waals surface area contributed by atoms with Crippen LogP contribution in [0.3, 0.4) is 0 Å². The molecular formula is C53H35N5. The van der Waals surface area contributed by atoms with Crippen LogP contribution in [0.4, 0.5) is 0 Å². The standard InChI is InChI=1S/C53H35N5/c1-5-15-37(16-6-1)48-35-49(55-50(54-48)38-17-7-2-8-18-38)45-25-13-23-42(34-45)43-31-32-47-44(33-43)24-14-26-46(47)36-27-29-41(30-28-36)53-57-51(39-19-9-3-10-20-39)56-52(58-53)40-21-11-4-12-22-40/h1-35H. The maximum absolute atomic E-state index is 5.07. The fourth-order valence-electron chi connectivity index (χ4n) is 7.38. The summed E-state index contributed by atoms with van der Waals surface area (Å²) in [5.74, 6) is 2.64. The van der Waals surface area contributed by atoms with Crippen molar-refractivity contribution in [3.05, 3.63) is 212 Å². The van der Waals surface area contributed by atoms with Gasteiger partial charge in [0, 0.05) is 33.4 Å². The van der Waals surface area contributed by atoms with Crippen LogP contribution in [0.2, 0.25) is 0 Å². The zero-order valence-corrected chi connectivity index (χ0v) is 31.4. The Kier molecular flexibility index (Phi) is 9.14. The van der Waals surface area contributed by atoms with E-state index in [0.717, 1.165) is 67.0 Å². The number of hydrogen-bond donors (Lipinski definition) is 0. The zero-order chi connectivity index (χ0) is 38.7. The highest BCUT2D eigenvalue weighted by atomic mass is 15.0. The Morgan fingerprint density at radius 3 is 1.19 bits per heavy atom. The van der Waals surface area contributed by atoms with Gasteiger partial charge in [-0.1, -0.05) is 194 Å². The Balaban J connectivity index is 0.978. The van der Waals surface area contributed by atoms with Crippen LogP contribution < -0.4 is 0 Å². The second-order valence-corrected chi connectivity index (χ2v) is 14.1. The highest BCUT2D eigenvalue weighted by Gasteiger charge is 2.15. The zero-order valence-electron chi connectivity index (χ0n) is 31.4. The van der Waals surface area contributed by atoms with E-state index in [1.54, 1.807) is 0 Å². The van der Waals surface area contributed by atoms with Crippen molar-refractivity contribution in [1.29, 1.82) is 0 Å². The third kappa shape index (κ3) is 7.04. The van der Waals surface area contributed by atoms with Crippen molar-refractivity contribution in [2.24, 2.45) is 0 Å². The van der Waals surface area contributed by atoms with E-state index in [4.69, 9.17) is 24.9 Å². The minimum Gasteiger partial charge on any atom is -0.228 e. The van der Waals surface area contributed by atoms with Crippen LogP contribution in [0, 0.1) is 0 Å². The fourth-order valence-corrected chi connectivity index (χ4v) is 7.38. The molecule has 0 saturated carbocycles. The molecule has 0 amide bonds. The average Bonchev–Trinajstić information content (AvgIpc) is 3.32. The van der Waals surface area contributed by atoms with E-state index in [1.807, 2.05) is 97.1 Å². The van der Waals surface area contributed by atoms with Gasteiger partial charge in [-0.15, -0.1) is 0 Å². The van der Waals surface area contributed by atoms with Gasteiger partial charge in [-0.2, -0.15) is 0 Å². The lowest BCUT2D eigenvalue weighted by molar-refractivity contribution is 1.07. The Bertz CT molecular complexity index is 2910. The van der Waals surface area contributed by atoms with Gasteiger partial charge in [-0.3, -0.25) is 0 Å². The molecule has 0 bridgehead atoms. The molecule has 5 nitrogen and oxygen atoms in total. The van der Waals surface area contributed by atoms with Crippen molar-refractivity contribution in [3.8, 4) is 90.3 Å². The molecule has 0 unspecified atom stereocenters. The Hall–Kier alpha value is -7.89. The minimum absolute atomic E-state index is 0.638. The van der Waals surface area contributed by atoms with Gasteiger partial charge in [0.25, 0.3) is 0 Å². The van der Waals surface area contributed by atoms with E-state index in [2.05, 4.69) is 115 Å². The molecule has 8 aromatic carbocycles. The molecule has 0 atom stereocenters. The number of fused-ring (bicyclic) bond motifs is 1. The van der Waals surface area contributed by atoms with Gasteiger partial charge in [-0.05, 0) is 51.2 Å². The van der Waals surface area contributed by atoms with Crippen LogP contribution in [0.5, 0.6) is 0 Å². The first-order chi connectivity index (χ1) is 28.7. The first-order valence-corrected chi connectivity index (χ1v) is 19.3. The van der Waals surface area contributed by atoms with E-state index >= 15 is 0 Å². The smallest absolute Gasteiger partial charge is 0.164 e. The maximum atomic E-state index is 5.07. The predicted molar refractivity (Wildman–Crippen MR) is 236 cm³/mol. The highest BCUT2D eigenvalue weighted by Crippen LogP contribution is 2.35. The first kappa shape index (κ1) is 34.6. The van der Waals surface area contributed by atoms with Gasteiger partial charge in [-0.25, -0.2) is 24.9 Å². The lowest BCUT2D eigenvalue weighted by Gasteiger charge is -2.12. The molecule has 0 N–H and O–H groups in total. The van der Waals surface area contributed by atoms with E-state index in [1.165, 1.54) is 10.8 Å². The van der Waals surface area contributed by atoms with Gasteiger partial charge in [0.15, 0.2) is 23.3 Å². The summed E-state index contributed by atoms with van der Waals surface area (Å²) < 4.78 is 0.